The third-order valence-corrected chi connectivity index (χ3v) is 5.72. The molecule has 0 amide bonds. The van der Waals surface area contributed by atoms with Crippen molar-refractivity contribution in [1.29, 1.82) is 0 Å². The zero-order chi connectivity index (χ0) is 21.9. The van der Waals surface area contributed by atoms with E-state index < -0.39 is 0 Å². The number of hydrogen-bond acceptors (Lipinski definition) is 2. The van der Waals surface area contributed by atoms with Crippen LogP contribution in [0.4, 0.5) is 11.4 Å². The first-order valence-corrected chi connectivity index (χ1v) is 10.7. The maximum Gasteiger partial charge on any atom is 0.0320 e. The molecule has 32 heavy (non-hydrogen) atoms. The first kappa shape index (κ1) is 19.7. The van der Waals surface area contributed by atoms with Crippen molar-refractivity contribution >= 4 is 11.4 Å². The molecule has 2 heteroatoms. The van der Waals surface area contributed by atoms with Crippen molar-refractivity contribution in [3.05, 3.63) is 121 Å². The summed E-state index contributed by atoms with van der Waals surface area (Å²) in [6, 6.07) is 41.9. The van der Waals surface area contributed by atoms with Crippen LogP contribution in [0.2, 0.25) is 0 Å². The number of nitrogens with two attached hydrogens (primary N) is 2. The second-order valence-corrected chi connectivity index (χ2v) is 7.99. The number of nitrogen functional groups attached to an aromatic ring is 2. The molecule has 0 radical (unpaired) electrons. The minimum absolute atomic E-state index is 0.775. The van der Waals surface area contributed by atoms with Crippen LogP contribution >= 0.6 is 0 Å². The zero-order valence-electron chi connectivity index (χ0n) is 17.7. The lowest BCUT2D eigenvalue weighted by Crippen LogP contribution is -1.87. The molecule has 5 aromatic carbocycles. The summed E-state index contributed by atoms with van der Waals surface area (Å²) in [5.41, 5.74) is 22.8. The normalized spacial score (nSPS) is 10.8. The lowest BCUT2D eigenvalue weighted by molar-refractivity contribution is 1.56. The van der Waals surface area contributed by atoms with Crippen LogP contribution in [-0.4, -0.2) is 0 Å². The summed E-state index contributed by atoms with van der Waals surface area (Å²) >= 11 is 0. The number of benzene rings is 5. The highest BCUT2D eigenvalue weighted by molar-refractivity contribution is 5.78. The van der Waals surface area contributed by atoms with E-state index in [1.54, 1.807) is 0 Å². The summed E-state index contributed by atoms with van der Waals surface area (Å²) < 4.78 is 0. The van der Waals surface area contributed by atoms with Gasteiger partial charge < -0.3 is 11.5 Å². The summed E-state index contributed by atoms with van der Waals surface area (Å²) in [7, 11) is 0. The molecule has 0 aliphatic rings. The van der Waals surface area contributed by atoms with Crippen molar-refractivity contribution in [2.45, 2.75) is 0 Å². The standard InChI is InChI=1S/C30H24N2/c31-29-11-3-9-27(19-29)22-15-13-21(14-16-22)23-5-1-6-24(17-23)25-7-2-8-26(18-25)28-10-4-12-30(32)20-28/h1-20H,31-32H2. The predicted molar refractivity (Wildman–Crippen MR) is 137 cm³/mol. The molecule has 0 spiro atoms. The van der Waals surface area contributed by atoms with Crippen LogP contribution in [0.1, 0.15) is 0 Å². The summed E-state index contributed by atoms with van der Waals surface area (Å²) in [5.74, 6) is 0. The maximum atomic E-state index is 5.98. The van der Waals surface area contributed by atoms with Gasteiger partial charge in [-0.25, -0.2) is 0 Å². The number of hydrogen-bond donors (Lipinski definition) is 2. The molecular formula is C30H24N2. The number of anilines is 2. The Kier molecular flexibility index (Phi) is 5.19. The van der Waals surface area contributed by atoms with E-state index in [2.05, 4.69) is 84.9 Å². The molecule has 0 saturated carbocycles. The third kappa shape index (κ3) is 4.12. The minimum Gasteiger partial charge on any atom is -0.399 e. The van der Waals surface area contributed by atoms with Crippen molar-refractivity contribution in [1.82, 2.24) is 0 Å². The van der Waals surface area contributed by atoms with E-state index in [4.69, 9.17) is 11.5 Å². The quantitative estimate of drug-likeness (QED) is 0.300. The van der Waals surface area contributed by atoms with E-state index in [1.165, 1.54) is 22.3 Å². The topological polar surface area (TPSA) is 52.0 Å². The molecule has 0 bridgehead atoms. The van der Waals surface area contributed by atoms with E-state index >= 15 is 0 Å². The Labute approximate surface area is 188 Å². The molecule has 0 atom stereocenters. The lowest BCUT2D eigenvalue weighted by atomic mass is 9.95. The van der Waals surface area contributed by atoms with Gasteiger partial charge in [-0.05, 0) is 80.9 Å². The Hall–Kier alpha value is -4.30. The van der Waals surface area contributed by atoms with Gasteiger partial charge in [-0.2, -0.15) is 0 Å². The van der Waals surface area contributed by atoms with Gasteiger partial charge in [0.05, 0.1) is 0 Å². The fourth-order valence-electron chi connectivity index (χ4n) is 4.05. The number of rotatable bonds is 4. The van der Waals surface area contributed by atoms with Crippen LogP contribution in [-0.2, 0) is 0 Å². The van der Waals surface area contributed by atoms with Crippen LogP contribution in [0.5, 0.6) is 0 Å². The molecule has 4 N–H and O–H groups in total. The third-order valence-electron chi connectivity index (χ3n) is 5.72. The van der Waals surface area contributed by atoms with Gasteiger partial charge in [0, 0.05) is 11.4 Å². The van der Waals surface area contributed by atoms with Crippen LogP contribution < -0.4 is 11.5 Å². The van der Waals surface area contributed by atoms with Gasteiger partial charge in [0.1, 0.15) is 0 Å². The molecule has 0 heterocycles. The second-order valence-electron chi connectivity index (χ2n) is 7.99. The minimum atomic E-state index is 0.775. The lowest BCUT2D eigenvalue weighted by Gasteiger charge is -2.10. The smallest absolute Gasteiger partial charge is 0.0320 e. The molecule has 0 aliphatic heterocycles. The molecule has 0 fully saturated rings. The molecular weight excluding hydrogens is 388 g/mol. The van der Waals surface area contributed by atoms with Gasteiger partial charge in [0.25, 0.3) is 0 Å². The van der Waals surface area contributed by atoms with Crippen LogP contribution in [0.15, 0.2) is 121 Å². The monoisotopic (exact) mass is 412 g/mol. The van der Waals surface area contributed by atoms with E-state index in [9.17, 15) is 0 Å². The Balaban J connectivity index is 1.46. The van der Waals surface area contributed by atoms with Crippen molar-refractivity contribution in [2.75, 3.05) is 11.5 Å². The molecule has 2 nitrogen and oxygen atoms in total. The Bertz CT molecular complexity index is 1380. The SMILES string of the molecule is Nc1cccc(-c2ccc(-c3cccc(-c4cccc(-c5cccc(N)c5)c4)c3)cc2)c1. The first-order chi connectivity index (χ1) is 15.7. The molecule has 5 aromatic rings. The molecule has 0 aromatic heterocycles. The Morgan fingerprint density at radius 1 is 0.281 bits per heavy atom. The van der Waals surface area contributed by atoms with Crippen LogP contribution in [0.25, 0.3) is 44.5 Å². The van der Waals surface area contributed by atoms with E-state index in [0.717, 1.165) is 33.6 Å². The summed E-state index contributed by atoms with van der Waals surface area (Å²) in [6.07, 6.45) is 0. The van der Waals surface area contributed by atoms with E-state index in [1.807, 2.05) is 36.4 Å². The van der Waals surface area contributed by atoms with E-state index in [0.29, 0.717) is 0 Å². The van der Waals surface area contributed by atoms with Crippen LogP contribution in [0, 0.1) is 0 Å². The summed E-state index contributed by atoms with van der Waals surface area (Å²) in [6.45, 7) is 0. The fraction of sp³-hybridized carbons (Fsp3) is 0. The van der Waals surface area contributed by atoms with Gasteiger partial charge in [-0.15, -0.1) is 0 Å². The van der Waals surface area contributed by atoms with Crippen LogP contribution in [0.3, 0.4) is 0 Å². The molecule has 0 unspecified atom stereocenters. The first-order valence-electron chi connectivity index (χ1n) is 10.7. The highest BCUT2D eigenvalue weighted by Crippen LogP contribution is 2.31. The average molecular weight is 413 g/mol. The second kappa shape index (κ2) is 8.44. The van der Waals surface area contributed by atoms with Gasteiger partial charge in [-0.1, -0.05) is 84.9 Å². The van der Waals surface area contributed by atoms with Crippen molar-refractivity contribution in [3.63, 3.8) is 0 Å². The van der Waals surface area contributed by atoms with Crippen molar-refractivity contribution < 1.29 is 0 Å². The highest BCUT2D eigenvalue weighted by atomic mass is 14.5. The van der Waals surface area contributed by atoms with Gasteiger partial charge in [-0.3, -0.25) is 0 Å². The van der Waals surface area contributed by atoms with Crippen molar-refractivity contribution in [3.8, 4) is 44.5 Å². The highest BCUT2D eigenvalue weighted by Gasteiger charge is 2.05. The summed E-state index contributed by atoms with van der Waals surface area (Å²) in [5, 5.41) is 0. The van der Waals surface area contributed by atoms with Crippen molar-refractivity contribution in [2.24, 2.45) is 0 Å². The molecule has 154 valence electrons. The molecule has 0 saturated heterocycles. The maximum absolute atomic E-state index is 5.98. The molecule has 5 rings (SSSR count). The average Bonchev–Trinajstić information content (AvgIpc) is 2.84. The molecule has 0 aliphatic carbocycles. The Morgan fingerprint density at radius 3 is 0.938 bits per heavy atom. The summed E-state index contributed by atoms with van der Waals surface area (Å²) in [4.78, 5) is 0. The van der Waals surface area contributed by atoms with E-state index in [-0.39, 0.29) is 0 Å². The van der Waals surface area contributed by atoms with Gasteiger partial charge >= 0.3 is 0 Å². The zero-order valence-corrected chi connectivity index (χ0v) is 17.7. The van der Waals surface area contributed by atoms with Gasteiger partial charge in [0.15, 0.2) is 0 Å². The van der Waals surface area contributed by atoms with Gasteiger partial charge in [0.2, 0.25) is 0 Å². The predicted octanol–water partition coefficient (Wildman–Crippen LogP) is 7.52. The largest absolute Gasteiger partial charge is 0.399 e. The Morgan fingerprint density at radius 2 is 0.562 bits per heavy atom. The fourth-order valence-corrected chi connectivity index (χ4v) is 4.05.